The van der Waals surface area contributed by atoms with Gasteiger partial charge in [0.05, 0.1) is 5.52 Å². The van der Waals surface area contributed by atoms with Gasteiger partial charge in [-0.1, -0.05) is 12.1 Å². The zero-order valence-corrected chi connectivity index (χ0v) is 12.9. The molecule has 1 atom stereocenters. The van der Waals surface area contributed by atoms with Gasteiger partial charge in [-0.25, -0.2) is 9.97 Å². The van der Waals surface area contributed by atoms with Gasteiger partial charge in [-0.15, -0.1) is 0 Å². The van der Waals surface area contributed by atoms with Crippen molar-refractivity contribution in [3.63, 3.8) is 0 Å². The first-order chi connectivity index (χ1) is 11.4. The third kappa shape index (κ3) is 3.00. The minimum Gasteiger partial charge on any atom is -0.365 e. The molecule has 1 aliphatic rings. The first-order valence-electron chi connectivity index (χ1n) is 8.04. The highest BCUT2D eigenvalue weighted by atomic mass is 15.1. The second kappa shape index (κ2) is 6.30. The summed E-state index contributed by atoms with van der Waals surface area (Å²) in [6, 6.07) is 12.4. The molecule has 0 aliphatic carbocycles. The van der Waals surface area contributed by atoms with Crippen LogP contribution in [0.5, 0.6) is 0 Å². The van der Waals surface area contributed by atoms with Crippen molar-refractivity contribution < 1.29 is 0 Å². The number of nitrogens with one attached hydrogen (secondary N) is 2. The van der Waals surface area contributed by atoms with Crippen LogP contribution in [0.4, 0.5) is 5.82 Å². The molecule has 5 nitrogen and oxygen atoms in total. The van der Waals surface area contributed by atoms with E-state index >= 15 is 0 Å². The topological polar surface area (TPSA) is 62.7 Å². The normalized spacial score (nSPS) is 18.0. The quantitative estimate of drug-likeness (QED) is 0.779. The average Bonchev–Trinajstić information content (AvgIpc) is 2.63. The number of hydrogen-bond acceptors (Lipinski definition) is 5. The smallest absolute Gasteiger partial charge is 0.162 e. The summed E-state index contributed by atoms with van der Waals surface area (Å²) in [6.07, 6.45) is 5.89. The second-order valence-electron chi connectivity index (χ2n) is 5.84. The van der Waals surface area contributed by atoms with Crippen LogP contribution in [0.15, 0.2) is 48.8 Å². The largest absolute Gasteiger partial charge is 0.365 e. The van der Waals surface area contributed by atoms with Crippen LogP contribution >= 0.6 is 0 Å². The van der Waals surface area contributed by atoms with Gasteiger partial charge < -0.3 is 10.6 Å². The van der Waals surface area contributed by atoms with Crippen molar-refractivity contribution in [3.05, 3.63) is 48.8 Å². The van der Waals surface area contributed by atoms with Crippen molar-refractivity contribution in [2.75, 3.05) is 18.4 Å². The molecule has 2 aromatic heterocycles. The van der Waals surface area contributed by atoms with E-state index in [0.717, 1.165) is 47.6 Å². The fraction of sp³-hybridized carbons (Fsp3) is 0.278. The molecule has 3 heterocycles. The van der Waals surface area contributed by atoms with E-state index in [9.17, 15) is 0 Å². The lowest BCUT2D eigenvalue weighted by Crippen LogP contribution is -2.38. The molecule has 1 saturated heterocycles. The molecule has 1 aromatic carbocycles. The zero-order chi connectivity index (χ0) is 15.5. The van der Waals surface area contributed by atoms with Crippen LogP contribution < -0.4 is 10.6 Å². The monoisotopic (exact) mass is 305 g/mol. The molecule has 0 spiro atoms. The molecule has 0 bridgehead atoms. The summed E-state index contributed by atoms with van der Waals surface area (Å²) in [5.41, 5.74) is 1.94. The summed E-state index contributed by atoms with van der Waals surface area (Å²) in [4.78, 5) is 13.6. The predicted octanol–water partition coefficient (Wildman–Crippen LogP) is 2.86. The molecule has 5 heteroatoms. The fourth-order valence-electron chi connectivity index (χ4n) is 2.99. The number of fused-ring (bicyclic) bond motifs is 1. The lowest BCUT2D eigenvalue weighted by molar-refractivity contribution is 0.479. The van der Waals surface area contributed by atoms with Gasteiger partial charge in [0, 0.05) is 35.9 Å². The summed E-state index contributed by atoms with van der Waals surface area (Å²) in [6.45, 7) is 2.08. The van der Waals surface area contributed by atoms with E-state index in [2.05, 4.69) is 21.7 Å². The van der Waals surface area contributed by atoms with E-state index in [1.807, 2.05) is 30.3 Å². The van der Waals surface area contributed by atoms with Crippen molar-refractivity contribution in [2.45, 2.75) is 18.9 Å². The highest BCUT2D eigenvalue weighted by Crippen LogP contribution is 2.25. The van der Waals surface area contributed by atoms with Crippen molar-refractivity contribution in [1.29, 1.82) is 0 Å². The third-order valence-electron chi connectivity index (χ3n) is 4.18. The SMILES string of the molecule is c1ccc2c(NC3CCCNC3)nc(-c3ccncc3)nc2c1. The number of piperidine rings is 1. The van der Waals surface area contributed by atoms with Crippen LogP contribution in [0, 0.1) is 0 Å². The first-order valence-corrected chi connectivity index (χ1v) is 8.04. The molecule has 0 amide bonds. The Hall–Kier alpha value is -2.53. The average molecular weight is 305 g/mol. The Bertz CT molecular complexity index is 797. The minimum absolute atomic E-state index is 0.410. The molecule has 1 unspecified atom stereocenters. The number of anilines is 1. The maximum Gasteiger partial charge on any atom is 0.162 e. The van der Waals surface area contributed by atoms with Gasteiger partial charge in [-0.3, -0.25) is 4.98 Å². The fourth-order valence-corrected chi connectivity index (χ4v) is 2.99. The van der Waals surface area contributed by atoms with Crippen LogP contribution in [0.1, 0.15) is 12.8 Å². The molecule has 1 fully saturated rings. The molecule has 116 valence electrons. The van der Waals surface area contributed by atoms with Gasteiger partial charge in [0.25, 0.3) is 0 Å². The van der Waals surface area contributed by atoms with Crippen LogP contribution in [0.25, 0.3) is 22.3 Å². The highest BCUT2D eigenvalue weighted by molar-refractivity contribution is 5.90. The second-order valence-corrected chi connectivity index (χ2v) is 5.84. The number of aromatic nitrogens is 3. The summed E-state index contributed by atoms with van der Waals surface area (Å²) in [5.74, 6) is 1.65. The molecule has 0 radical (unpaired) electrons. The number of para-hydroxylation sites is 1. The maximum absolute atomic E-state index is 4.79. The Labute approximate surface area is 135 Å². The maximum atomic E-state index is 4.79. The number of hydrogen-bond donors (Lipinski definition) is 2. The van der Waals surface area contributed by atoms with Crippen molar-refractivity contribution in [1.82, 2.24) is 20.3 Å². The number of nitrogens with zero attached hydrogens (tertiary/aromatic N) is 3. The minimum atomic E-state index is 0.410. The summed E-state index contributed by atoms with van der Waals surface area (Å²) in [5, 5.41) is 8.11. The van der Waals surface area contributed by atoms with Gasteiger partial charge in [-0.2, -0.15) is 0 Å². The molecule has 4 rings (SSSR count). The van der Waals surface area contributed by atoms with Gasteiger partial charge >= 0.3 is 0 Å². The van der Waals surface area contributed by atoms with E-state index in [0.29, 0.717) is 6.04 Å². The van der Waals surface area contributed by atoms with Gasteiger partial charge in [0.2, 0.25) is 0 Å². The van der Waals surface area contributed by atoms with Crippen molar-refractivity contribution in [2.24, 2.45) is 0 Å². The molecule has 23 heavy (non-hydrogen) atoms. The Morgan fingerprint density at radius 1 is 1.04 bits per heavy atom. The van der Waals surface area contributed by atoms with Crippen molar-refractivity contribution >= 4 is 16.7 Å². The lowest BCUT2D eigenvalue weighted by atomic mass is 10.1. The highest BCUT2D eigenvalue weighted by Gasteiger charge is 2.16. The van der Waals surface area contributed by atoms with Gasteiger partial charge in [0.15, 0.2) is 5.82 Å². The van der Waals surface area contributed by atoms with Gasteiger partial charge in [-0.05, 0) is 43.7 Å². The van der Waals surface area contributed by atoms with Crippen LogP contribution in [0.3, 0.4) is 0 Å². The van der Waals surface area contributed by atoms with Crippen LogP contribution in [-0.4, -0.2) is 34.1 Å². The molecule has 3 aromatic rings. The Morgan fingerprint density at radius 2 is 1.91 bits per heavy atom. The zero-order valence-electron chi connectivity index (χ0n) is 12.9. The summed E-state index contributed by atoms with van der Waals surface area (Å²) < 4.78 is 0. The van der Waals surface area contributed by atoms with Crippen LogP contribution in [0.2, 0.25) is 0 Å². The van der Waals surface area contributed by atoms with Crippen molar-refractivity contribution in [3.8, 4) is 11.4 Å². The lowest BCUT2D eigenvalue weighted by Gasteiger charge is -2.25. The van der Waals surface area contributed by atoms with E-state index in [1.54, 1.807) is 12.4 Å². The molecule has 2 N–H and O–H groups in total. The summed E-state index contributed by atoms with van der Waals surface area (Å²) >= 11 is 0. The Kier molecular flexibility index (Phi) is 3.86. The Morgan fingerprint density at radius 3 is 2.74 bits per heavy atom. The summed E-state index contributed by atoms with van der Waals surface area (Å²) in [7, 11) is 0. The molecule has 0 saturated carbocycles. The van der Waals surface area contributed by atoms with E-state index in [4.69, 9.17) is 9.97 Å². The van der Waals surface area contributed by atoms with E-state index in [1.165, 1.54) is 6.42 Å². The van der Waals surface area contributed by atoms with E-state index in [-0.39, 0.29) is 0 Å². The first kappa shape index (κ1) is 14.1. The number of benzene rings is 1. The number of pyridine rings is 1. The standard InChI is InChI=1S/C18H19N5/c1-2-6-16-15(5-1)18(21-14-4-3-9-20-12-14)23-17(22-16)13-7-10-19-11-8-13/h1-2,5-8,10-11,14,20H,3-4,9,12H2,(H,21,22,23). The molecular weight excluding hydrogens is 286 g/mol. The molecule has 1 aliphatic heterocycles. The number of rotatable bonds is 3. The third-order valence-corrected chi connectivity index (χ3v) is 4.18. The molecular formula is C18H19N5. The van der Waals surface area contributed by atoms with E-state index < -0.39 is 0 Å². The predicted molar refractivity (Wildman–Crippen MR) is 92.3 cm³/mol. The Balaban J connectivity index is 1.77. The van der Waals surface area contributed by atoms with Crippen LogP contribution in [-0.2, 0) is 0 Å². The van der Waals surface area contributed by atoms with Gasteiger partial charge in [0.1, 0.15) is 5.82 Å².